The van der Waals surface area contributed by atoms with Gasteiger partial charge in [-0.25, -0.2) is 5.43 Å². The van der Waals surface area contributed by atoms with Crippen LogP contribution in [0.4, 0.5) is 5.69 Å². The van der Waals surface area contributed by atoms with Crippen molar-refractivity contribution in [3.8, 4) is 0 Å². The number of para-hydroxylation sites is 1. The van der Waals surface area contributed by atoms with E-state index in [9.17, 15) is 4.79 Å². The molecule has 0 saturated heterocycles. The van der Waals surface area contributed by atoms with Crippen LogP contribution in [0.25, 0.3) is 0 Å². The number of anilines is 1. The summed E-state index contributed by atoms with van der Waals surface area (Å²) >= 11 is 5.80. The number of rotatable bonds is 4. The minimum absolute atomic E-state index is 0.246. The van der Waals surface area contributed by atoms with Gasteiger partial charge in [-0.3, -0.25) is 4.79 Å². The fourth-order valence-electron chi connectivity index (χ4n) is 1.83. The molecule has 0 fully saturated rings. The van der Waals surface area contributed by atoms with E-state index in [2.05, 4.69) is 10.5 Å². The Hall–Kier alpha value is -2.33. The number of hydrogen-bond donors (Lipinski definition) is 1. The molecule has 2 aromatic rings. The molecule has 1 amide bonds. The normalized spacial score (nSPS) is 10.6. The van der Waals surface area contributed by atoms with E-state index in [4.69, 9.17) is 11.6 Å². The van der Waals surface area contributed by atoms with Crippen LogP contribution in [0.1, 0.15) is 15.9 Å². The van der Waals surface area contributed by atoms with Crippen molar-refractivity contribution in [1.29, 1.82) is 0 Å². The summed E-state index contributed by atoms with van der Waals surface area (Å²) in [4.78, 5) is 14.0. The first-order valence-corrected chi connectivity index (χ1v) is 6.81. The molecule has 0 aliphatic carbocycles. The lowest BCUT2D eigenvalue weighted by Gasteiger charge is -2.15. The van der Waals surface area contributed by atoms with E-state index in [0.717, 1.165) is 11.3 Å². The van der Waals surface area contributed by atoms with Crippen molar-refractivity contribution in [2.24, 2.45) is 5.10 Å². The van der Waals surface area contributed by atoms with E-state index < -0.39 is 0 Å². The van der Waals surface area contributed by atoms with Crippen LogP contribution in [0.3, 0.4) is 0 Å². The molecular formula is C16H16ClN3O. The zero-order chi connectivity index (χ0) is 15.2. The highest BCUT2D eigenvalue weighted by atomic mass is 35.5. The zero-order valence-corrected chi connectivity index (χ0v) is 12.6. The van der Waals surface area contributed by atoms with Crippen LogP contribution < -0.4 is 10.3 Å². The molecule has 0 unspecified atom stereocenters. The van der Waals surface area contributed by atoms with Crippen LogP contribution in [0.5, 0.6) is 0 Å². The number of halogens is 1. The lowest BCUT2D eigenvalue weighted by atomic mass is 10.1. The molecular weight excluding hydrogens is 286 g/mol. The second kappa shape index (κ2) is 6.90. The standard InChI is InChI=1S/C16H16ClN3O/c1-20(2)15-6-4-3-5-14(15)16(21)19-18-11-12-7-9-13(17)10-8-12/h3-11H,1-2H3,(H,19,21)/b18-11-. The Morgan fingerprint density at radius 3 is 2.48 bits per heavy atom. The average molecular weight is 302 g/mol. The van der Waals surface area contributed by atoms with Gasteiger partial charge < -0.3 is 4.90 Å². The lowest BCUT2D eigenvalue weighted by molar-refractivity contribution is 0.0955. The van der Waals surface area contributed by atoms with Gasteiger partial charge in [-0.05, 0) is 29.8 Å². The molecule has 0 saturated carbocycles. The largest absolute Gasteiger partial charge is 0.377 e. The fourth-order valence-corrected chi connectivity index (χ4v) is 1.96. The summed E-state index contributed by atoms with van der Waals surface area (Å²) in [5.74, 6) is -0.246. The van der Waals surface area contributed by atoms with Gasteiger partial charge in [0, 0.05) is 24.8 Å². The predicted octanol–water partition coefficient (Wildman–Crippen LogP) is 3.17. The summed E-state index contributed by atoms with van der Waals surface area (Å²) in [6.45, 7) is 0. The maximum Gasteiger partial charge on any atom is 0.273 e. The van der Waals surface area contributed by atoms with Gasteiger partial charge >= 0.3 is 0 Å². The third-order valence-electron chi connectivity index (χ3n) is 2.88. The van der Waals surface area contributed by atoms with Gasteiger partial charge in [0.2, 0.25) is 0 Å². The van der Waals surface area contributed by atoms with Crippen LogP contribution >= 0.6 is 11.6 Å². The van der Waals surface area contributed by atoms with Gasteiger partial charge in [0.15, 0.2) is 0 Å². The number of hydrogen-bond acceptors (Lipinski definition) is 3. The van der Waals surface area contributed by atoms with Crippen molar-refractivity contribution in [1.82, 2.24) is 5.43 Å². The summed E-state index contributed by atoms with van der Waals surface area (Å²) in [7, 11) is 3.78. The van der Waals surface area contributed by atoms with Crippen molar-refractivity contribution < 1.29 is 4.79 Å². The number of amides is 1. The Kier molecular flexibility index (Phi) is 4.95. The number of hydrazone groups is 1. The number of carbonyl (C=O) groups excluding carboxylic acids is 1. The monoisotopic (exact) mass is 301 g/mol. The van der Waals surface area contributed by atoms with Crippen LogP contribution in [0.2, 0.25) is 5.02 Å². The number of carbonyl (C=O) groups is 1. The van der Waals surface area contributed by atoms with Gasteiger partial charge in [-0.15, -0.1) is 0 Å². The van der Waals surface area contributed by atoms with Crippen LogP contribution in [0.15, 0.2) is 53.6 Å². The second-order valence-corrected chi connectivity index (χ2v) is 5.10. The molecule has 1 N–H and O–H groups in total. The van der Waals surface area contributed by atoms with Crippen LogP contribution in [0, 0.1) is 0 Å². The summed E-state index contributed by atoms with van der Waals surface area (Å²) < 4.78 is 0. The molecule has 0 radical (unpaired) electrons. The molecule has 4 nitrogen and oxygen atoms in total. The van der Waals surface area contributed by atoms with Crippen molar-refractivity contribution in [3.05, 3.63) is 64.7 Å². The lowest BCUT2D eigenvalue weighted by Crippen LogP contribution is -2.21. The zero-order valence-electron chi connectivity index (χ0n) is 11.9. The van der Waals surface area contributed by atoms with Crippen molar-refractivity contribution in [2.75, 3.05) is 19.0 Å². The number of nitrogens with one attached hydrogen (secondary N) is 1. The highest BCUT2D eigenvalue weighted by Crippen LogP contribution is 2.17. The van der Waals surface area contributed by atoms with Gasteiger partial charge in [-0.1, -0.05) is 35.9 Å². The van der Waals surface area contributed by atoms with Crippen molar-refractivity contribution in [3.63, 3.8) is 0 Å². The quantitative estimate of drug-likeness (QED) is 0.696. The van der Waals surface area contributed by atoms with E-state index in [0.29, 0.717) is 10.6 Å². The van der Waals surface area contributed by atoms with Crippen LogP contribution in [-0.4, -0.2) is 26.2 Å². The first-order valence-electron chi connectivity index (χ1n) is 6.43. The van der Waals surface area contributed by atoms with Gasteiger partial charge in [0.1, 0.15) is 0 Å². The molecule has 0 atom stereocenters. The third-order valence-corrected chi connectivity index (χ3v) is 3.13. The molecule has 0 aliphatic heterocycles. The SMILES string of the molecule is CN(C)c1ccccc1C(=O)N/N=C\c1ccc(Cl)cc1. The molecule has 0 heterocycles. The second-order valence-electron chi connectivity index (χ2n) is 4.66. The average Bonchev–Trinajstić information content (AvgIpc) is 2.49. The smallest absolute Gasteiger partial charge is 0.273 e. The highest BCUT2D eigenvalue weighted by molar-refractivity contribution is 6.30. The first kappa shape index (κ1) is 15.1. The molecule has 21 heavy (non-hydrogen) atoms. The van der Waals surface area contributed by atoms with Gasteiger partial charge in [-0.2, -0.15) is 5.10 Å². The first-order chi connectivity index (χ1) is 10.1. The molecule has 2 rings (SSSR count). The van der Waals surface area contributed by atoms with Crippen molar-refractivity contribution in [2.45, 2.75) is 0 Å². The Labute approximate surface area is 129 Å². The van der Waals surface area contributed by atoms with E-state index in [1.165, 1.54) is 0 Å². The maximum absolute atomic E-state index is 12.1. The molecule has 2 aromatic carbocycles. The minimum Gasteiger partial charge on any atom is -0.377 e. The predicted molar refractivity (Wildman–Crippen MR) is 87.3 cm³/mol. The van der Waals surface area contributed by atoms with E-state index in [-0.39, 0.29) is 5.91 Å². The Morgan fingerprint density at radius 1 is 1.14 bits per heavy atom. The number of nitrogens with zero attached hydrogens (tertiary/aromatic N) is 2. The minimum atomic E-state index is -0.246. The Bertz CT molecular complexity index is 651. The molecule has 108 valence electrons. The third kappa shape index (κ3) is 4.07. The van der Waals surface area contributed by atoms with E-state index >= 15 is 0 Å². The topological polar surface area (TPSA) is 44.7 Å². The van der Waals surface area contributed by atoms with Gasteiger partial charge in [0.25, 0.3) is 5.91 Å². The summed E-state index contributed by atoms with van der Waals surface area (Å²) in [6, 6.07) is 14.6. The van der Waals surface area contributed by atoms with E-state index in [1.54, 1.807) is 24.4 Å². The van der Waals surface area contributed by atoms with Crippen molar-refractivity contribution >= 4 is 29.4 Å². The fraction of sp³-hybridized carbons (Fsp3) is 0.125. The summed E-state index contributed by atoms with van der Waals surface area (Å²) in [5.41, 5.74) is 4.81. The molecule has 0 spiro atoms. The highest BCUT2D eigenvalue weighted by Gasteiger charge is 2.10. The van der Waals surface area contributed by atoms with Gasteiger partial charge in [0.05, 0.1) is 11.8 Å². The summed E-state index contributed by atoms with van der Waals surface area (Å²) in [6.07, 6.45) is 1.58. The van der Waals surface area contributed by atoms with E-state index in [1.807, 2.05) is 49.3 Å². The molecule has 0 aliphatic rings. The molecule has 5 heteroatoms. The molecule has 0 aromatic heterocycles. The Morgan fingerprint density at radius 2 is 1.81 bits per heavy atom. The Balaban J connectivity index is 2.07. The number of benzene rings is 2. The molecule has 0 bridgehead atoms. The van der Waals surface area contributed by atoms with Crippen LogP contribution in [-0.2, 0) is 0 Å². The maximum atomic E-state index is 12.1. The summed E-state index contributed by atoms with van der Waals surface area (Å²) in [5, 5.41) is 4.62.